The number of hydrogen-bond acceptors (Lipinski definition) is 2. The van der Waals surface area contributed by atoms with Crippen molar-refractivity contribution in [3.8, 4) is 0 Å². The molecule has 2 aromatic rings. The SMILES string of the molecule is Cn1nc(Cl)c2cc(C3(CN)CCCCC3)ccc21. The second-order valence-electron chi connectivity index (χ2n) is 5.69. The number of fused-ring (bicyclic) bond motifs is 1. The largest absolute Gasteiger partial charge is 0.330 e. The summed E-state index contributed by atoms with van der Waals surface area (Å²) in [5.41, 5.74) is 8.66. The van der Waals surface area contributed by atoms with Crippen LogP contribution >= 0.6 is 11.6 Å². The highest BCUT2D eigenvalue weighted by Gasteiger charge is 2.32. The Bertz CT molecular complexity index is 597. The normalized spacial score (nSPS) is 18.9. The van der Waals surface area contributed by atoms with Crippen LogP contribution in [0.3, 0.4) is 0 Å². The van der Waals surface area contributed by atoms with Gasteiger partial charge in [0.1, 0.15) is 0 Å². The first-order valence-corrected chi connectivity index (χ1v) is 7.37. The molecule has 0 saturated heterocycles. The van der Waals surface area contributed by atoms with Crippen molar-refractivity contribution in [1.82, 2.24) is 9.78 Å². The minimum absolute atomic E-state index is 0.144. The fraction of sp³-hybridized carbons (Fsp3) is 0.533. The Hall–Kier alpha value is -1.06. The van der Waals surface area contributed by atoms with E-state index in [1.54, 1.807) is 0 Å². The average molecular weight is 278 g/mol. The quantitative estimate of drug-likeness (QED) is 0.914. The number of rotatable bonds is 2. The lowest BCUT2D eigenvalue weighted by Crippen LogP contribution is -2.37. The third-order valence-corrected chi connectivity index (χ3v) is 4.90. The molecule has 19 heavy (non-hydrogen) atoms. The summed E-state index contributed by atoms with van der Waals surface area (Å²) in [7, 11) is 1.92. The molecule has 0 radical (unpaired) electrons. The van der Waals surface area contributed by atoms with E-state index in [0.29, 0.717) is 5.15 Å². The molecule has 1 aliphatic rings. The topological polar surface area (TPSA) is 43.8 Å². The molecule has 4 heteroatoms. The first kappa shape index (κ1) is 12.9. The highest BCUT2D eigenvalue weighted by atomic mass is 35.5. The van der Waals surface area contributed by atoms with Gasteiger partial charge >= 0.3 is 0 Å². The number of aryl methyl sites for hydroxylation is 1. The minimum atomic E-state index is 0.144. The zero-order chi connectivity index (χ0) is 13.5. The van der Waals surface area contributed by atoms with Crippen LogP contribution in [0, 0.1) is 0 Å². The van der Waals surface area contributed by atoms with Crippen LogP contribution in [-0.4, -0.2) is 16.3 Å². The van der Waals surface area contributed by atoms with Crippen molar-refractivity contribution in [1.29, 1.82) is 0 Å². The Morgan fingerprint density at radius 3 is 2.74 bits per heavy atom. The molecule has 0 bridgehead atoms. The van der Waals surface area contributed by atoms with E-state index in [1.165, 1.54) is 37.7 Å². The Labute approximate surface area is 118 Å². The van der Waals surface area contributed by atoms with Gasteiger partial charge in [-0.25, -0.2) is 0 Å². The number of halogens is 1. The van der Waals surface area contributed by atoms with Crippen LogP contribution in [0.2, 0.25) is 5.15 Å². The Morgan fingerprint density at radius 1 is 1.32 bits per heavy atom. The van der Waals surface area contributed by atoms with E-state index in [4.69, 9.17) is 17.3 Å². The van der Waals surface area contributed by atoms with Crippen LogP contribution in [0.4, 0.5) is 0 Å². The summed E-state index contributed by atoms with van der Waals surface area (Å²) in [6, 6.07) is 6.52. The van der Waals surface area contributed by atoms with E-state index in [1.807, 2.05) is 11.7 Å². The van der Waals surface area contributed by atoms with Crippen molar-refractivity contribution in [2.75, 3.05) is 6.54 Å². The molecule has 1 fully saturated rings. The lowest BCUT2D eigenvalue weighted by molar-refractivity contribution is 0.301. The van der Waals surface area contributed by atoms with Gasteiger partial charge in [-0.1, -0.05) is 36.9 Å². The van der Waals surface area contributed by atoms with Crippen molar-refractivity contribution in [2.45, 2.75) is 37.5 Å². The summed E-state index contributed by atoms with van der Waals surface area (Å²) in [5, 5.41) is 5.90. The minimum Gasteiger partial charge on any atom is -0.330 e. The lowest BCUT2D eigenvalue weighted by Gasteiger charge is -2.37. The number of nitrogens with two attached hydrogens (primary N) is 1. The summed E-state index contributed by atoms with van der Waals surface area (Å²) in [4.78, 5) is 0. The van der Waals surface area contributed by atoms with Gasteiger partial charge in [-0.2, -0.15) is 5.10 Å². The Balaban J connectivity index is 2.11. The monoisotopic (exact) mass is 277 g/mol. The van der Waals surface area contributed by atoms with E-state index in [-0.39, 0.29) is 5.41 Å². The van der Waals surface area contributed by atoms with Gasteiger partial charge in [0.2, 0.25) is 0 Å². The molecular weight excluding hydrogens is 258 g/mol. The van der Waals surface area contributed by atoms with Gasteiger partial charge in [-0.3, -0.25) is 4.68 Å². The van der Waals surface area contributed by atoms with Crippen LogP contribution < -0.4 is 5.73 Å². The number of nitrogens with zero attached hydrogens (tertiary/aromatic N) is 2. The highest BCUT2D eigenvalue weighted by molar-refractivity contribution is 6.34. The van der Waals surface area contributed by atoms with Crippen molar-refractivity contribution in [2.24, 2.45) is 12.8 Å². The number of benzene rings is 1. The maximum atomic E-state index is 6.21. The van der Waals surface area contributed by atoms with Crippen molar-refractivity contribution in [3.63, 3.8) is 0 Å². The van der Waals surface area contributed by atoms with Gasteiger partial charge in [0.25, 0.3) is 0 Å². The van der Waals surface area contributed by atoms with E-state index in [0.717, 1.165) is 17.4 Å². The van der Waals surface area contributed by atoms with Gasteiger partial charge in [-0.15, -0.1) is 0 Å². The fourth-order valence-corrected chi connectivity index (χ4v) is 3.66. The van der Waals surface area contributed by atoms with Crippen LogP contribution in [-0.2, 0) is 12.5 Å². The molecule has 1 aliphatic carbocycles. The van der Waals surface area contributed by atoms with E-state index in [9.17, 15) is 0 Å². The average Bonchev–Trinajstić information content (AvgIpc) is 2.74. The van der Waals surface area contributed by atoms with Crippen molar-refractivity contribution in [3.05, 3.63) is 28.9 Å². The molecule has 0 unspecified atom stereocenters. The zero-order valence-corrected chi connectivity index (χ0v) is 12.1. The van der Waals surface area contributed by atoms with Gasteiger partial charge in [-0.05, 0) is 30.5 Å². The van der Waals surface area contributed by atoms with Crippen LogP contribution in [0.25, 0.3) is 10.9 Å². The molecule has 102 valence electrons. The third kappa shape index (κ3) is 2.05. The van der Waals surface area contributed by atoms with Gasteiger partial charge in [0.15, 0.2) is 5.15 Å². The summed E-state index contributed by atoms with van der Waals surface area (Å²) in [6.07, 6.45) is 6.25. The second kappa shape index (κ2) is 4.80. The standard InChI is InChI=1S/C15H20ClN3/c1-19-13-6-5-11(9-12(13)14(16)18-19)15(10-17)7-3-2-4-8-15/h5-6,9H,2-4,7-8,10,17H2,1H3. The van der Waals surface area contributed by atoms with Gasteiger partial charge in [0.05, 0.1) is 5.52 Å². The number of aromatic nitrogens is 2. The number of hydrogen-bond donors (Lipinski definition) is 1. The highest BCUT2D eigenvalue weighted by Crippen LogP contribution is 2.40. The summed E-state index contributed by atoms with van der Waals surface area (Å²) < 4.78 is 1.83. The first-order chi connectivity index (χ1) is 9.16. The predicted molar refractivity (Wildman–Crippen MR) is 79.5 cm³/mol. The lowest BCUT2D eigenvalue weighted by atomic mass is 9.69. The molecule has 1 saturated carbocycles. The third-order valence-electron chi connectivity index (χ3n) is 4.62. The molecule has 0 amide bonds. The van der Waals surface area contributed by atoms with E-state index < -0.39 is 0 Å². The summed E-state index contributed by atoms with van der Waals surface area (Å²) in [6.45, 7) is 0.719. The zero-order valence-electron chi connectivity index (χ0n) is 11.3. The molecule has 0 aliphatic heterocycles. The maximum absolute atomic E-state index is 6.21. The molecule has 0 atom stereocenters. The Kier molecular flexibility index (Phi) is 3.27. The molecular formula is C15H20ClN3. The van der Waals surface area contributed by atoms with Crippen LogP contribution in [0.15, 0.2) is 18.2 Å². The molecule has 3 nitrogen and oxygen atoms in total. The van der Waals surface area contributed by atoms with Crippen LogP contribution in [0.5, 0.6) is 0 Å². The summed E-state index contributed by atoms with van der Waals surface area (Å²) >= 11 is 6.21. The molecule has 0 spiro atoms. The van der Waals surface area contributed by atoms with E-state index in [2.05, 4.69) is 23.3 Å². The second-order valence-corrected chi connectivity index (χ2v) is 6.05. The molecule has 1 heterocycles. The molecule has 3 rings (SSSR count). The van der Waals surface area contributed by atoms with Gasteiger partial charge < -0.3 is 5.73 Å². The molecule has 2 N–H and O–H groups in total. The predicted octanol–water partition coefficient (Wildman–Crippen LogP) is 3.39. The molecule has 1 aromatic heterocycles. The van der Waals surface area contributed by atoms with Gasteiger partial charge in [0, 0.05) is 24.4 Å². The molecule has 1 aromatic carbocycles. The van der Waals surface area contributed by atoms with Crippen molar-refractivity contribution < 1.29 is 0 Å². The van der Waals surface area contributed by atoms with E-state index >= 15 is 0 Å². The Morgan fingerprint density at radius 2 is 2.05 bits per heavy atom. The van der Waals surface area contributed by atoms with Crippen molar-refractivity contribution >= 4 is 22.5 Å². The fourth-order valence-electron chi connectivity index (χ4n) is 3.39. The first-order valence-electron chi connectivity index (χ1n) is 6.99. The maximum Gasteiger partial charge on any atom is 0.158 e. The summed E-state index contributed by atoms with van der Waals surface area (Å²) in [5.74, 6) is 0. The van der Waals surface area contributed by atoms with Crippen LogP contribution in [0.1, 0.15) is 37.7 Å². The smallest absolute Gasteiger partial charge is 0.158 e.